The Morgan fingerprint density at radius 2 is 0.667 bits per heavy atom. The molecule has 0 unspecified atom stereocenters. The van der Waals surface area contributed by atoms with Crippen molar-refractivity contribution in [2.75, 3.05) is 9.80 Å². The molecule has 0 atom stereocenters. The molecule has 6 aromatic heterocycles. The fraction of sp³-hybridized carbons (Fsp3) is 0. The molecular formula is C78H46N4O2. The maximum atomic E-state index is 8.96. The van der Waals surface area contributed by atoms with Gasteiger partial charge < -0.3 is 27.4 Å². The van der Waals surface area contributed by atoms with Crippen LogP contribution in [0.1, 0.15) is 13.7 Å². The minimum atomic E-state index is -0.454. The van der Waals surface area contributed by atoms with Gasteiger partial charge in [0.25, 0.3) is 0 Å². The third-order valence-corrected chi connectivity index (χ3v) is 17.3. The molecule has 84 heavy (non-hydrogen) atoms. The first-order valence-electron chi connectivity index (χ1n) is 32.9. The van der Waals surface area contributed by atoms with E-state index in [1.165, 1.54) is 0 Å². The normalized spacial score (nSPS) is 14.0. The molecule has 0 saturated heterocycles. The molecule has 0 saturated carbocycles. The Morgan fingerprint density at radius 3 is 1.11 bits per heavy atom. The van der Waals surface area contributed by atoms with E-state index in [9.17, 15) is 0 Å². The Hall–Kier alpha value is -11.3. The molecule has 13 aromatic carbocycles. The predicted octanol–water partition coefficient (Wildman–Crippen LogP) is 22.1. The number of hydrogen-bond donors (Lipinski definition) is 0. The lowest BCUT2D eigenvalue weighted by Gasteiger charge is -2.26. The van der Waals surface area contributed by atoms with Crippen LogP contribution in [0.4, 0.5) is 34.1 Å². The highest BCUT2D eigenvalue weighted by molar-refractivity contribution is 6.33. The molecule has 0 aliphatic heterocycles. The topological polar surface area (TPSA) is 41.6 Å². The van der Waals surface area contributed by atoms with E-state index >= 15 is 0 Å². The van der Waals surface area contributed by atoms with Gasteiger partial charge in [0, 0.05) is 87.1 Å². The third kappa shape index (κ3) is 6.12. The Balaban J connectivity index is 0.834. The van der Waals surface area contributed by atoms with Crippen LogP contribution in [0.5, 0.6) is 0 Å². The molecule has 0 radical (unpaired) electrons. The van der Waals surface area contributed by atoms with Crippen molar-refractivity contribution in [3.8, 4) is 22.3 Å². The number of furan rings is 2. The van der Waals surface area contributed by atoms with Crippen LogP contribution in [0.3, 0.4) is 0 Å². The minimum absolute atomic E-state index is 0.0777. The maximum Gasteiger partial charge on any atom is 0.159 e. The summed E-state index contributed by atoms with van der Waals surface area (Å²) in [5.74, 6) is 0. The second-order valence-electron chi connectivity index (χ2n) is 21.5. The van der Waals surface area contributed by atoms with Crippen molar-refractivity contribution >= 4 is 154 Å². The van der Waals surface area contributed by atoms with Crippen molar-refractivity contribution in [1.29, 1.82) is 0 Å². The van der Waals surface area contributed by atoms with Crippen molar-refractivity contribution in [2.24, 2.45) is 0 Å². The Bertz CT molecular complexity index is 6060. The van der Waals surface area contributed by atoms with Crippen LogP contribution in [-0.4, -0.2) is 8.80 Å². The first kappa shape index (κ1) is 36.8. The van der Waals surface area contributed by atoms with Crippen LogP contribution in [0, 0.1) is 0 Å². The van der Waals surface area contributed by atoms with Crippen molar-refractivity contribution in [3.63, 3.8) is 0 Å². The summed E-state index contributed by atoms with van der Waals surface area (Å²) in [6, 6.07) is 70.7. The molecule has 0 aliphatic rings. The second-order valence-corrected chi connectivity index (χ2v) is 21.5. The summed E-state index contributed by atoms with van der Waals surface area (Å²) >= 11 is 0. The number of anilines is 6. The third-order valence-electron chi connectivity index (χ3n) is 17.3. The minimum Gasteiger partial charge on any atom is -0.453 e. The van der Waals surface area contributed by atoms with Crippen LogP contribution < -0.4 is 9.80 Å². The van der Waals surface area contributed by atoms with Gasteiger partial charge in [0.05, 0.1) is 69.6 Å². The molecule has 6 heterocycles. The molecule has 6 heteroatoms. The fourth-order valence-corrected chi connectivity index (χ4v) is 13.9. The average Bonchev–Trinajstić information content (AvgIpc) is 1.51. The van der Waals surface area contributed by atoms with E-state index in [2.05, 4.69) is 140 Å². The van der Waals surface area contributed by atoms with Gasteiger partial charge >= 0.3 is 0 Å². The van der Waals surface area contributed by atoms with Crippen LogP contribution in [0.2, 0.25) is 0 Å². The first-order valence-corrected chi connectivity index (χ1v) is 27.9. The Labute approximate surface area is 494 Å². The van der Waals surface area contributed by atoms with Crippen LogP contribution in [0.25, 0.3) is 142 Å². The lowest BCUT2D eigenvalue weighted by Crippen LogP contribution is -2.10. The van der Waals surface area contributed by atoms with Gasteiger partial charge in [-0.2, -0.15) is 0 Å². The summed E-state index contributed by atoms with van der Waals surface area (Å²) in [6.45, 7) is 0. The number of hydrogen-bond acceptors (Lipinski definition) is 4. The molecule has 0 amide bonds. The molecule has 0 aliphatic carbocycles. The van der Waals surface area contributed by atoms with Gasteiger partial charge in [-0.25, -0.2) is 0 Å². The van der Waals surface area contributed by atoms with Crippen molar-refractivity contribution in [1.82, 2.24) is 8.80 Å². The molecule has 0 fully saturated rings. The van der Waals surface area contributed by atoms with Gasteiger partial charge in [0.1, 0.15) is 11.2 Å². The summed E-state index contributed by atoms with van der Waals surface area (Å²) in [5, 5.41) is 11.7. The monoisotopic (exact) mass is 1080 g/mol. The first-order chi connectivity index (χ1) is 45.9. The van der Waals surface area contributed by atoms with Crippen molar-refractivity contribution in [2.45, 2.75) is 0 Å². The van der Waals surface area contributed by atoms with E-state index in [4.69, 9.17) is 22.5 Å². The largest absolute Gasteiger partial charge is 0.453 e. The fourth-order valence-electron chi connectivity index (χ4n) is 13.9. The number of nitrogens with zero attached hydrogens (tertiary/aromatic N) is 4. The zero-order valence-corrected chi connectivity index (χ0v) is 44.4. The number of benzene rings is 13. The van der Waals surface area contributed by atoms with Gasteiger partial charge in [-0.05, 0) is 83.9 Å². The molecule has 390 valence electrons. The summed E-state index contributed by atoms with van der Waals surface area (Å²) in [4.78, 5) is 4.50. The summed E-state index contributed by atoms with van der Waals surface area (Å²) in [5.41, 5.74) is 14.4. The molecule has 0 N–H and O–H groups in total. The molecule has 0 spiro atoms. The second kappa shape index (κ2) is 17.1. The van der Waals surface area contributed by atoms with E-state index in [1.54, 1.807) is 12.1 Å². The quantitative estimate of drug-likeness (QED) is 0.152. The summed E-state index contributed by atoms with van der Waals surface area (Å²) < 4.78 is 106. The predicted molar refractivity (Wildman–Crippen MR) is 351 cm³/mol. The highest BCUT2D eigenvalue weighted by Crippen LogP contribution is 2.54. The molecule has 6 nitrogen and oxygen atoms in total. The molecule has 0 bridgehead atoms. The standard InChI is InChI=1S/C78H46N4O2/c1-5-21-47(22-6-1)51-31-17-33-55-57-35-19-39-67(77(57)83-75(51)55)79(49-25-9-3-10-26-49)65-43-41-53-61-45-70-62(46-69(61)81-63-37-15-13-29-59(63)71(65)73(53)81)54-42-44-66(72-60-30-14-16-38-64(60)82(70)74(54)72)80(50-27-11-4-12-28-50)68-40-20-36-58-56-34-18-32-52(76(56)84-78(58)68)48-23-7-2-8-24-48/h1-46H/i1D,2D,5D,6D,7D,8D,21D,22D,23D,24D. The Kier molecular flexibility index (Phi) is 7.50. The highest BCUT2D eigenvalue weighted by Gasteiger charge is 2.30. The smallest absolute Gasteiger partial charge is 0.159 e. The lowest BCUT2D eigenvalue weighted by atomic mass is 10.0. The number of rotatable bonds is 8. The van der Waals surface area contributed by atoms with Crippen LogP contribution in [0.15, 0.2) is 288 Å². The van der Waals surface area contributed by atoms with Gasteiger partial charge in [-0.15, -0.1) is 0 Å². The maximum absolute atomic E-state index is 8.96. The molecule has 19 rings (SSSR count). The van der Waals surface area contributed by atoms with Crippen molar-refractivity contribution in [3.05, 3.63) is 279 Å². The number of aromatic nitrogens is 2. The highest BCUT2D eigenvalue weighted by atomic mass is 16.3. The van der Waals surface area contributed by atoms with Gasteiger partial charge in [-0.1, -0.05) is 206 Å². The van der Waals surface area contributed by atoms with Crippen LogP contribution in [-0.2, 0) is 0 Å². The number of para-hydroxylation sites is 8. The lowest BCUT2D eigenvalue weighted by molar-refractivity contribution is 0.670. The average molecular weight is 1080 g/mol. The summed E-state index contributed by atoms with van der Waals surface area (Å²) in [6.07, 6.45) is 0. The number of fused-ring (bicyclic) bond motifs is 18. The van der Waals surface area contributed by atoms with Crippen molar-refractivity contribution < 1.29 is 22.5 Å². The van der Waals surface area contributed by atoms with E-state index in [1.807, 2.05) is 84.9 Å². The van der Waals surface area contributed by atoms with E-state index in [0.717, 1.165) is 132 Å². The Morgan fingerprint density at radius 1 is 0.286 bits per heavy atom. The zero-order chi connectivity index (χ0) is 63.4. The van der Waals surface area contributed by atoms with E-state index < -0.39 is 36.3 Å². The van der Waals surface area contributed by atoms with Crippen LogP contribution >= 0.6 is 0 Å². The SMILES string of the molecule is [2H]c1c([2H])c([2H])c(-c2cccc3c2oc2c(N(c4ccccc4)c4ccc5c6cc7c(cc6n6c8ccccc8c4c56)c4ccc(N(c5ccccc5)c5cccc6c5oc5c(-c8c([2H])c([2H])c([2H])c([2H])c8[2H])cccc56)c5c6ccccc6n7c45)cccc23)c([2H])c1[2H]. The van der Waals surface area contributed by atoms with Gasteiger partial charge in [-0.3, -0.25) is 0 Å². The van der Waals surface area contributed by atoms with Gasteiger partial charge in [0.15, 0.2) is 11.2 Å². The van der Waals surface area contributed by atoms with Gasteiger partial charge in [0.2, 0.25) is 0 Å². The molecular weight excluding hydrogens is 1020 g/mol. The summed E-state index contributed by atoms with van der Waals surface area (Å²) in [7, 11) is 0. The van der Waals surface area contributed by atoms with E-state index in [0.29, 0.717) is 33.5 Å². The zero-order valence-electron chi connectivity index (χ0n) is 54.4. The van der Waals surface area contributed by atoms with E-state index in [-0.39, 0.29) is 35.3 Å². The molecule has 19 aromatic rings.